The summed E-state index contributed by atoms with van der Waals surface area (Å²) in [5.41, 5.74) is 3.17. The van der Waals surface area contributed by atoms with Gasteiger partial charge in [0.25, 0.3) is 0 Å². The fraction of sp³-hybridized carbons (Fsp3) is 0.765. The summed E-state index contributed by atoms with van der Waals surface area (Å²) >= 11 is 1.68. The number of esters is 1. The quantitative estimate of drug-likeness (QED) is 0.627. The second-order valence-corrected chi connectivity index (χ2v) is 7.91. The summed E-state index contributed by atoms with van der Waals surface area (Å²) in [6.45, 7) is 11.2. The van der Waals surface area contributed by atoms with Crippen molar-refractivity contribution in [2.45, 2.75) is 66.5 Å². The Hall–Kier alpha value is -0.900. The lowest BCUT2D eigenvalue weighted by molar-refractivity contribution is -0.687. The Morgan fingerprint density at radius 2 is 2.14 bits per heavy atom. The van der Waals surface area contributed by atoms with Crippen LogP contribution in [0.2, 0.25) is 0 Å². The van der Waals surface area contributed by atoms with E-state index in [1.54, 1.807) is 11.3 Å². The molecule has 1 aliphatic rings. The molecular formula is C17H28NO2S+. The number of aryl methyl sites for hydroxylation is 1. The molecule has 1 aromatic rings. The van der Waals surface area contributed by atoms with Crippen LogP contribution in [0.15, 0.2) is 5.51 Å². The van der Waals surface area contributed by atoms with Crippen LogP contribution in [0.25, 0.3) is 0 Å². The van der Waals surface area contributed by atoms with Gasteiger partial charge in [0.2, 0.25) is 12.1 Å². The molecule has 1 aromatic heterocycles. The topological polar surface area (TPSA) is 30.2 Å². The Morgan fingerprint density at radius 1 is 1.43 bits per heavy atom. The zero-order valence-electron chi connectivity index (χ0n) is 13.9. The fourth-order valence-corrected chi connectivity index (χ4v) is 4.07. The maximum absolute atomic E-state index is 12.3. The zero-order chi connectivity index (χ0) is 15.6. The van der Waals surface area contributed by atoms with Crippen LogP contribution < -0.4 is 4.57 Å². The summed E-state index contributed by atoms with van der Waals surface area (Å²) in [5, 5.41) is 0. The van der Waals surface area contributed by atoms with Crippen molar-refractivity contribution in [3.05, 3.63) is 16.1 Å². The molecule has 0 saturated heterocycles. The molecule has 3 atom stereocenters. The van der Waals surface area contributed by atoms with E-state index in [4.69, 9.17) is 4.74 Å². The van der Waals surface area contributed by atoms with Crippen LogP contribution in [0.5, 0.6) is 0 Å². The van der Waals surface area contributed by atoms with Gasteiger partial charge in [0.1, 0.15) is 6.10 Å². The Balaban J connectivity index is 1.98. The van der Waals surface area contributed by atoms with Crippen molar-refractivity contribution in [3.8, 4) is 0 Å². The maximum Gasteiger partial charge on any atom is 0.373 e. The Kier molecular flexibility index (Phi) is 5.42. The molecule has 2 rings (SSSR count). The molecule has 0 bridgehead atoms. The molecule has 1 saturated carbocycles. The van der Waals surface area contributed by atoms with Gasteiger partial charge in [0.15, 0.2) is 5.69 Å². The van der Waals surface area contributed by atoms with Crippen molar-refractivity contribution in [1.29, 1.82) is 0 Å². The molecule has 21 heavy (non-hydrogen) atoms. The molecule has 0 radical (unpaired) electrons. The van der Waals surface area contributed by atoms with Crippen molar-refractivity contribution in [2.24, 2.45) is 17.8 Å². The van der Waals surface area contributed by atoms with Gasteiger partial charge in [-0.05, 0) is 37.5 Å². The average Bonchev–Trinajstić information content (AvgIpc) is 2.70. The van der Waals surface area contributed by atoms with Crippen LogP contribution in [-0.4, -0.2) is 12.1 Å². The van der Waals surface area contributed by atoms with E-state index < -0.39 is 0 Å². The molecule has 4 heteroatoms. The number of thiazole rings is 1. The first-order valence-corrected chi connectivity index (χ1v) is 8.90. The largest absolute Gasteiger partial charge is 0.457 e. The van der Waals surface area contributed by atoms with Crippen LogP contribution in [0.3, 0.4) is 0 Å². The highest BCUT2D eigenvalue weighted by atomic mass is 32.1. The first-order valence-electron chi connectivity index (χ1n) is 8.02. The van der Waals surface area contributed by atoms with Crippen LogP contribution in [-0.2, 0) is 16.1 Å². The molecule has 0 aromatic carbocycles. The molecular weight excluding hydrogens is 282 g/mol. The summed E-state index contributed by atoms with van der Waals surface area (Å²) in [6.07, 6.45) is 3.55. The van der Waals surface area contributed by atoms with Crippen LogP contribution >= 0.6 is 11.3 Å². The van der Waals surface area contributed by atoms with Gasteiger partial charge in [-0.2, -0.15) is 4.57 Å². The van der Waals surface area contributed by atoms with Crippen LogP contribution in [0, 0.1) is 31.6 Å². The normalized spacial score (nSPS) is 26.1. The van der Waals surface area contributed by atoms with E-state index in [9.17, 15) is 4.79 Å². The molecule has 1 heterocycles. The Labute approximate surface area is 132 Å². The van der Waals surface area contributed by atoms with Crippen LogP contribution in [0.4, 0.5) is 0 Å². The number of carbonyl (C=O) groups excluding carboxylic acids is 1. The van der Waals surface area contributed by atoms with Gasteiger partial charge in [0, 0.05) is 6.92 Å². The minimum atomic E-state index is -0.0920. The van der Waals surface area contributed by atoms with E-state index in [1.165, 1.54) is 17.7 Å². The number of aromatic nitrogens is 1. The number of rotatable bonds is 4. The van der Waals surface area contributed by atoms with Crippen molar-refractivity contribution < 1.29 is 14.1 Å². The lowest BCUT2D eigenvalue weighted by Gasteiger charge is -2.36. The van der Waals surface area contributed by atoms with E-state index >= 15 is 0 Å². The maximum atomic E-state index is 12.3. The molecule has 0 spiro atoms. The third kappa shape index (κ3) is 4.06. The van der Waals surface area contributed by atoms with E-state index in [1.807, 2.05) is 10.1 Å². The predicted molar refractivity (Wildman–Crippen MR) is 85.2 cm³/mol. The van der Waals surface area contributed by atoms with Crippen molar-refractivity contribution >= 4 is 17.3 Å². The van der Waals surface area contributed by atoms with Crippen molar-refractivity contribution in [2.75, 3.05) is 0 Å². The number of nitrogens with zero attached hydrogens (tertiary/aromatic N) is 1. The average molecular weight is 310 g/mol. The summed E-state index contributed by atoms with van der Waals surface area (Å²) in [5.74, 6) is 1.66. The molecule has 1 aliphatic carbocycles. The highest BCUT2D eigenvalue weighted by Gasteiger charge is 2.34. The van der Waals surface area contributed by atoms with Gasteiger partial charge >= 0.3 is 5.97 Å². The van der Waals surface area contributed by atoms with Crippen LogP contribution in [0.1, 0.15) is 50.6 Å². The highest BCUT2D eigenvalue weighted by Crippen LogP contribution is 2.35. The van der Waals surface area contributed by atoms with Gasteiger partial charge in [-0.25, -0.2) is 4.79 Å². The lowest BCUT2D eigenvalue weighted by Crippen LogP contribution is -2.43. The van der Waals surface area contributed by atoms with Gasteiger partial charge in [-0.15, -0.1) is 0 Å². The van der Waals surface area contributed by atoms with E-state index in [0.717, 1.165) is 12.1 Å². The summed E-state index contributed by atoms with van der Waals surface area (Å²) in [7, 11) is 0. The fourth-order valence-electron chi connectivity index (χ4n) is 3.26. The van der Waals surface area contributed by atoms with Crippen molar-refractivity contribution in [1.82, 2.24) is 0 Å². The van der Waals surface area contributed by atoms with E-state index in [2.05, 4.69) is 34.6 Å². The van der Waals surface area contributed by atoms with Gasteiger partial charge < -0.3 is 4.74 Å². The van der Waals surface area contributed by atoms with E-state index in [-0.39, 0.29) is 12.1 Å². The third-order valence-electron chi connectivity index (χ3n) is 4.84. The van der Waals surface area contributed by atoms with Gasteiger partial charge in [0.05, 0.1) is 4.88 Å². The van der Waals surface area contributed by atoms with Gasteiger partial charge in [-0.1, -0.05) is 38.5 Å². The Morgan fingerprint density at radius 3 is 2.71 bits per heavy atom. The lowest BCUT2D eigenvalue weighted by atomic mass is 9.75. The standard InChI is InChI=1S/C17H28NO2S/c1-11(2)15-7-6-12(3)8-16(15)20-17(19)9-18-10-21-14(5)13(18)4/h10-12,15-16H,6-9H2,1-5H3/q+1/t12-,15-,16+/m1/s1. The minimum absolute atomic E-state index is 0.0920. The SMILES string of the molecule is Cc1sc[n+](CC(=O)O[C@H]2C[C@H](C)CC[C@@H]2C(C)C)c1C. The zero-order valence-corrected chi connectivity index (χ0v) is 14.7. The second-order valence-electron chi connectivity index (χ2n) is 6.85. The number of carbonyl (C=O) groups is 1. The summed E-state index contributed by atoms with van der Waals surface area (Å²) in [4.78, 5) is 13.5. The van der Waals surface area contributed by atoms with Gasteiger partial charge in [-0.3, -0.25) is 0 Å². The minimum Gasteiger partial charge on any atom is -0.457 e. The highest BCUT2D eigenvalue weighted by molar-refractivity contribution is 7.09. The first kappa shape index (κ1) is 16.5. The molecule has 1 fully saturated rings. The molecule has 0 unspecified atom stereocenters. The summed E-state index contributed by atoms with van der Waals surface area (Å²) < 4.78 is 7.85. The van der Waals surface area contributed by atoms with E-state index in [0.29, 0.717) is 24.3 Å². The number of hydrogen-bond donors (Lipinski definition) is 0. The summed E-state index contributed by atoms with van der Waals surface area (Å²) in [6, 6.07) is 0. The third-order valence-corrected chi connectivity index (χ3v) is 5.85. The Bertz CT molecular complexity index is 495. The molecule has 0 aliphatic heterocycles. The number of ether oxygens (including phenoxy) is 1. The molecule has 3 nitrogen and oxygen atoms in total. The second kappa shape index (κ2) is 6.91. The molecule has 0 amide bonds. The first-order chi connectivity index (χ1) is 9.88. The molecule has 0 N–H and O–H groups in total. The van der Waals surface area contributed by atoms with Crippen molar-refractivity contribution in [3.63, 3.8) is 0 Å². The smallest absolute Gasteiger partial charge is 0.373 e. The monoisotopic (exact) mass is 310 g/mol. The number of hydrogen-bond acceptors (Lipinski definition) is 3. The molecule has 118 valence electrons. The predicted octanol–water partition coefficient (Wildman–Crippen LogP) is 3.66.